The number of imide groups is 1. The molecule has 0 radical (unpaired) electrons. The second kappa shape index (κ2) is 5.06. The van der Waals surface area contributed by atoms with E-state index in [4.69, 9.17) is 0 Å². The summed E-state index contributed by atoms with van der Waals surface area (Å²) in [5.74, 6) is -0.164. The minimum absolute atomic E-state index is 0.0308. The highest BCUT2D eigenvalue weighted by atomic mass is 32.2. The zero-order chi connectivity index (χ0) is 12.4. The van der Waals surface area contributed by atoms with E-state index in [9.17, 15) is 9.59 Å². The average Bonchev–Trinajstić information content (AvgIpc) is 2.89. The maximum absolute atomic E-state index is 12.1. The lowest BCUT2D eigenvalue weighted by Crippen LogP contribution is -2.36. The van der Waals surface area contributed by atoms with Gasteiger partial charge in [0.15, 0.2) is 0 Å². The van der Waals surface area contributed by atoms with Crippen LogP contribution in [0.15, 0.2) is 22.4 Å². The van der Waals surface area contributed by atoms with Crippen LogP contribution in [0.25, 0.3) is 6.08 Å². The van der Waals surface area contributed by atoms with Crippen molar-refractivity contribution in [3.8, 4) is 0 Å². The van der Waals surface area contributed by atoms with Crippen molar-refractivity contribution in [1.29, 1.82) is 0 Å². The van der Waals surface area contributed by atoms with Crippen molar-refractivity contribution < 1.29 is 9.59 Å². The lowest BCUT2D eigenvalue weighted by Gasteiger charge is -2.19. The number of carbonyl (C=O) groups is 2. The Hall–Kier alpha value is -1.07. The van der Waals surface area contributed by atoms with E-state index in [2.05, 4.69) is 0 Å². The van der Waals surface area contributed by atoms with Gasteiger partial charge in [-0.25, -0.2) is 0 Å². The first kappa shape index (κ1) is 12.4. The van der Waals surface area contributed by atoms with Gasteiger partial charge in [-0.2, -0.15) is 0 Å². The van der Waals surface area contributed by atoms with Crippen molar-refractivity contribution in [1.82, 2.24) is 4.90 Å². The number of thiophene rings is 1. The summed E-state index contributed by atoms with van der Waals surface area (Å²) in [4.78, 5) is 26.7. The predicted molar refractivity (Wildman–Crippen MR) is 71.9 cm³/mol. The van der Waals surface area contributed by atoms with Gasteiger partial charge in [-0.15, -0.1) is 11.3 Å². The van der Waals surface area contributed by atoms with Gasteiger partial charge in [0.2, 0.25) is 0 Å². The Morgan fingerprint density at radius 1 is 1.47 bits per heavy atom. The summed E-state index contributed by atoms with van der Waals surface area (Å²) in [6, 6.07) is 3.83. The van der Waals surface area contributed by atoms with Crippen molar-refractivity contribution >= 4 is 40.3 Å². The Morgan fingerprint density at radius 3 is 2.82 bits per heavy atom. The van der Waals surface area contributed by atoms with Gasteiger partial charge in [0, 0.05) is 10.9 Å². The van der Waals surface area contributed by atoms with Crippen molar-refractivity contribution in [2.75, 3.05) is 0 Å². The predicted octanol–water partition coefficient (Wildman–Crippen LogP) is 3.58. The van der Waals surface area contributed by atoms with Crippen LogP contribution in [0.5, 0.6) is 0 Å². The third-order valence-electron chi connectivity index (χ3n) is 2.67. The molecule has 1 atom stereocenters. The van der Waals surface area contributed by atoms with Gasteiger partial charge in [0.1, 0.15) is 0 Å². The largest absolute Gasteiger partial charge is 0.293 e. The summed E-state index contributed by atoms with van der Waals surface area (Å²) < 4.78 is 0. The van der Waals surface area contributed by atoms with Crippen molar-refractivity contribution in [3.05, 3.63) is 27.3 Å². The van der Waals surface area contributed by atoms with Crippen molar-refractivity contribution in [2.24, 2.45) is 0 Å². The normalized spacial score (nSPS) is 20.4. The molecule has 0 unspecified atom stereocenters. The second-order valence-electron chi connectivity index (χ2n) is 3.82. The van der Waals surface area contributed by atoms with Gasteiger partial charge in [-0.3, -0.25) is 14.5 Å². The molecule has 2 rings (SSSR count). The Balaban J connectivity index is 2.24. The van der Waals surface area contributed by atoms with E-state index in [1.54, 1.807) is 17.4 Å². The van der Waals surface area contributed by atoms with E-state index in [0.717, 1.165) is 23.1 Å². The van der Waals surface area contributed by atoms with Crippen LogP contribution in [0.4, 0.5) is 4.79 Å². The van der Waals surface area contributed by atoms with E-state index in [1.807, 2.05) is 31.4 Å². The standard InChI is InChI=1S/C12H13NO2S2/c1-3-8(2)13-11(14)10(17-12(13)15)7-9-5-4-6-16-9/h4-8H,3H2,1-2H3/t8-/m0/s1. The first-order valence-electron chi connectivity index (χ1n) is 5.44. The summed E-state index contributed by atoms with van der Waals surface area (Å²) in [5.41, 5.74) is 0. The smallest absolute Gasteiger partial charge is 0.268 e. The summed E-state index contributed by atoms with van der Waals surface area (Å²) >= 11 is 2.59. The average molecular weight is 267 g/mol. The van der Waals surface area contributed by atoms with E-state index < -0.39 is 0 Å². The maximum Gasteiger partial charge on any atom is 0.293 e. The van der Waals surface area contributed by atoms with Gasteiger partial charge in [0.25, 0.3) is 11.1 Å². The summed E-state index contributed by atoms with van der Waals surface area (Å²) in [6.45, 7) is 3.86. The summed E-state index contributed by atoms with van der Waals surface area (Å²) in [5, 5.41) is 1.79. The van der Waals surface area contributed by atoms with Crippen LogP contribution in [-0.4, -0.2) is 22.1 Å². The minimum atomic E-state index is -0.164. The molecule has 0 N–H and O–H groups in total. The molecule has 1 aromatic heterocycles. The van der Waals surface area contributed by atoms with Crippen molar-refractivity contribution in [2.45, 2.75) is 26.3 Å². The number of amides is 2. The highest BCUT2D eigenvalue weighted by molar-refractivity contribution is 8.18. The molecule has 2 heterocycles. The van der Waals surface area contributed by atoms with Gasteiger partial charge in [0.05, 0.1) is 4.91 Å². The molecule has 0 aromatic carbocycles. The molecule has 1 saturated heterocycles. The van der Waals surface area contributed by atoms with Crippen LogP contribution in [0.1, 0.15) is 25.1 Å². The highest BCUT2D eigenvalue weighted by Gasteiger charge is 2.37. The molecule has 0 saturated carbocycles. The number of carbonyl (C=O) groups excluding carboxylic acids is 2. The zero-order valence-electron chi connectivity index (χ0n) is 9.67. The molecular formula is C12H13NO2S2. The van der Waals surface area contributed by atoms with Crippen LogP contribution in [-0.2, 0) is 4.79 Å². The Morgan fingerprint density at radius 2 is 2.24 bits per heavy atom. The number of hydrogen-bond donors (Lipinski definition) is 0. The molecule has 2 amide bonds. The van der Waals surface area contributed by atoms with Gasteiger partial charge in [-0.1, -0.05) is 13.0 Å². The fourth-order valence-electron chi connectivity index (χ4n) is 1.55. The maximum atomic E-state index is 12.1. The Labute approximate surface area is 109 Å². The molecule has 90 valence electrons. The molecule has 1 aliphatic heterocycles. The molecule has 0 bridgehead atoms. The van der Waals surface area contributed by atoms with Gasteiger partial charge >= 0.3 is 0 Å². The lowest BCUT2D eigenvalue weighted by molar-refractivity contribution is -0.124. The van der Waals surface area contributed by atoms with E-state index in [1.165, 1.54) is 4.90 Å². The number of nitrogens with zero attached hydrogens (tertiary/aromatic N) is 1. The zero-order valence-corrected chi connectivity index (χ0v) is 11.3. The van der Waals surface area contributed by atoms with Crippen molar-refractivity contribution in [3.63, 3.8) is 0 Å². The molecular weight excluding hydrogens is 254 g/mol. The first-order chi connectivity index (χ1) is 8.13. The SMILES string of the molecule is CC[C@H](C)N1C(=O)SC(=Cc2cccs2)C1=O. The van der Waals surface area contributed by atoms with Crippen LogP contribution >= 0.6 is 23.1 Å². The number of hydrogen-bond acceptors (Lipinski definition) is 4. The van der Waals surface area contributed by atoms with Crippen LogP contribution in [0, 0.1) is 0 Å². The number of rotatable bonds is 3. The Bertz CT molecular complexity index is 465. The number of thioether (sulfide) groups is 1. The van der Waals surface area contributed by atoms with Crippen LogP contribution < -0.4 is 0 Å². The van der Waals surface area contributed by atoms with E-state index in [-0.39, 0.29) is 17.2 Å². The Kier molecular flexibility index (Phi) is 3.69. The van der Waals surface area contributed by atoms with Gasteiger partial charge in [-0.05, 0) is 42.6 Å². The minimum Gasteiger partial charge on any atom is -0.268 e. The monoisotopic (exact) mass is 267 g/mol. The topological polar surface area (TPSA) is 37.4 Å². The molecule has 1 fully saturated rings. The third kappa shape index (κ3) is 2.45. The molecule has 1 aliphatic rings. The third-order valence-corrected chi connectivity index (χ3v) is 4.37. The molecule has 0 aliphatic carbocycles. The van der Waals surface area contributed by atoms with Crippen LogP contribution in [0.2, 0.25) is 0 Å². The van der Waals surface area contributed by atoms with Crippen LogP contribution in [0.3, 0.4) is 0 Å². The van der Waals surface area contributed by atoms with Gasteiger partial charge < -0.3 is 0 Å². The molecule has 5 heteroatoms. The molecule has 0 spiro atoms. The highest BCUT2D eigenvalue weighted by Crippen LogP contribution is 2.34. The summed E-state index contributed by atoms with van der Waals surface area (Å²) in [6.07, 6.45) is 2.57. The fourth-order valence-corrected chi connectivity index (χ4v) is 3.20. The van der Waals surface area contributed by atoms with E-state index >= 15 is 0 Å². The van der Waals surface area contributed by atoms with E-state index in [0.29, 0.717) is 4.91 Å². The quantitative estimate of drug-likeness (QED) is 0.785. The fraction of sp³-hybridized carbons (Fsp3) is 0.333. The lowest BCUT2D eigenvalue weighted by atomic mass is 10.2. The first-order valence-corrected chi connectivity index (χ1v) is 7.13. The molecule has 3 nitrogen and oxygen atoms in total. The summed E-state index contributed by atoms with van der Waals surface area (Å²) in [7, 11) is 0. The second-order valence-corrected chi connectivity index (χ2v) is 5.80. The molecule has 17 heavy (non-hydrogen) atoms. The molecule has 1 aromatic rings.